The van der Waals surface area contributed by atoms with Crippen LogP contribution in [-0.4, -0.2) is 65.7 Å². The molecule has 6 rings (SSSR count). The number of amides is 1. The van der Waals surface area contributed by atoms with Crippen LogP contribution in [0.5, 0.6) is 0 Å². The maximum absolute atomic E-state index is 13.5. The molecule has 3 aromatic rings. The SMILES string of the molecule is CC[C@@]1(C(=O)NCCN2CCOCC2)OC(=O)c2c1cc1n(c2=O)Cc2cc3ccccc3nc2-1. The van der Waals surface area contributed by atoms with Crippen LogP contribution >= 0.6 is 0 Å². The molecule has 1 saturated heterocycles. The third-order valence-electron chi connectivity index (χ3n) is 7.26. The number of para-hydroxylation sites is 1. The molecule has 0 spiro atoms. The van der Waals surface area contributed by atoms with Gasteiger partial charge in [-0.25, -0.2) is 9.78 Å². The average molecular weight is 475 g/mol. The fraction of sp³-hybridized carbons (Fsp3) is 0.385. The Hall–Kier alpha value is -3.56. The summed E-state index contributed by atoms with van der Waals surface area (Å²) in [6.07, 6.45) is 0.218. The number of nitrogens with zero attached hydrogens (tertiary/aromatic N) is 3. The molecule has 1 fully saturated rings. The highest BCUT2D eigenvalue weighted by Crippen LogP contribution is 2.42. The van der Waals surface area contributed by atoms with E-state index >= 15 is 0 Å². The van der Waals surface area contributed by atoms with E-state index in [0.717, 1.165) is 29.6 Å². The smallest absolute Gasteiger partial charge is 0.345 e. The molecule has 0 aliphatic carbocycles. The second-order valence-corrected chi connectivity index (χ2v) is 9.18. The minimum Gasteiger partial charge on any atom is -0.440 e. The van der Waals surface area contributed by atoms with Gasteiger partial charge in [0.05, 0.1) is 36.7 Å². The first-order valence-corrected chi connectivity index (χ1v) is 12.0. The van der Waals surface area contributed by atoms with Gasteiger partial charge in [-0.1, -0.05) is 25.1 Å². The summed E-state index contributed by atoms with van der Waals surface area (Å²) in [5.41, 5.74) is 1.32. The fourth-order valence-electron chi connectivity index (χ4n) is 5.34. The topological polar surface area (TPSA) is 103 Å². The van der Waals surface area contributed by atoms with Gasteiger partial charge >= 0.3 is 5.97 Å². The Morgan fingerprint density at radius 3 is 2.77 bits per heavy atom. The van der Waals surface area contributed by atoms with Gasteiger partial charge in [0.15, 0.2) is 0 Å². The third kappa shape index (κ3) is 3.37. The first-order chi connectivity index (χ1) is 17.0. The molecule has 9 nitrogen and oxygen atoms in total. The largest absolute Gasteiger partial charge is 0.440 e. The Kier molecular flexibility index (Phi) is 5.19. The highest BCUT2D eigenvalue weighted by atomic mass is 16.6. The van der Waals surface area contributed by atoms with Crippen LogP contribution < -0.4 is 10.9 Å². The molecule has 1 atom stereocenters. The molecule has 0 bridgehead atoms. The summed E-state index contributed by atoms with van der Waals surface area (Å²) in [7, 11) is 0. The first-order valence-electron chi connectivity index (χ1n) is 12.0. The number of hydrogen-bond acceptors (Lipinski definition) is 7. The number of benzene rings is 1. The van der Waals surface area contributed by atoms with Crippen LogP contribution in [0.25, 0.3) is 22.3 Å². The molecule has 1 aromatic carbocycles. The van der Waals surface area contributed by atoms with Gasteiger partial charge in [-0.3, -0.25) is 14.5 Å². The van der Waals surface area contributed by atoms with Gasteiger partial charge in [0.1, 0.15) is 5.56 Å². The zero-order chi connectivity index (χ0) is 24.2. The summed E-state index contributed by atoms with van der Waals surface area (Å²) in [5, 5.41) is 3.92. The summed E-state index contributed by atoms with van der Waals surface area (Å²) < 4.78 is 12.6. The van der Waals surface area contributed by atoms with E-state index in [9.17, 15) is 14.4 Å². The molecule has 0 radical (unpaired) electrons. The molecular formula is C26H26N4O5. The Morgan fingerprint density at radius 2 is 1.97 bits per heavy atom. The molecule has 35 heavy (non-hydrogen) atoms. The van der Waals surface area contributed by atoms with Crippen molar-refractivity contribution in [3.63, 3.8) is 0 Å². The van der Waals surface area contributed by atoms with Gasteiger partial charge in [0.2, 0.25) is 5.60 Å². The van der Waals surface area contributed by atoms with Crippen LogP contribution in [0.15, 0.2) is 41.2 Å². The molecule has 180 valence electrons. The minimum atomic E-state index is -1.54. The van der Waals surface area contributed by atoms with Gasteiger partial charge in [0, 0.05) is 42.7 Å². The highest BCUT2D eigenvalue weighted by molar-refractivity contribution is 6.02. The second kappa shape index (κ2) is 8.28. The van der Waals surface area contributed by atoms with Crippen LogP contribution in [0.3, 0.4) is 0 Å². The second-order valence-electron chi connectivity index (χ2n) is 9.18. The summed E-state index contributed by atoms with van der Waals surface area (Å²) in [6, 6.07) is 11.5. The third-order valence-corrected chi connectivity index (χ3v) is 7.26. The molecular weight excluding hydrogens is 448 g/mol. The number of nitrogens with one attached hydrogen (secondary N) is 1. The number of cyclic esters (lactones) is 1. The lowest BCUT2D eigenvalue weighted by molar-refractivity contribution is -0.140. The molecule has 1 N–H and O–H groups in total. The minimum absolute atomic E-state index is 0.0590. The van der Waals surface area contributed by atoms with Crippen LogP contribution in [0, 0.1) is 0 Å². The predicted octanol–water partition coefficient (Wildman–Crippen LogP) is 1.65. The zero-order valence-corrected chi connectivity index (χ0v) is 19.5. The van der Waals surface area contributed by atoms with Crippen molar-refractivity contribution in [1.82, 2.24) is 19.8 Å². The lowest BCUT2D eigenvalue weighted by atomic mass is 9.88. The monoisotopic (exact) mass is 474 g/mol. The van der Waals surface area contributed by atoms with Gasteiger partial charge in [0.25, 0.3) is 11.5 Å². The van der Waals surface area contributed by atoms with E-state index in [4.69, 9.17) is 14.5 Å². The highest BCUT2D eigenvalue weighted by Gasteiger charge is 2.52. The molecule has 3 aliphatic heterocycles. The van der Waals surface area contributed by atoms with E-state index in [1.807, 2.05) is 30.3 Å². The molecule has 3 aliphatic rings. The molecule has 0 unspecified atom stereocenters. The van der Waals surface area contributed by atoms with Crippen LogP contribution in [0.4, 0.5) is 0 Å². The Balaban J connectivity index is 1.37. The summed E-state index contributed by atoms with van der Waals surface area (Å²) >= 11 is 0. The zero-order valence-electron chi connectivity index (χ0n) is 19.5. The standard InChI is InChI=1S/C26H26N4O5/c1-2-26(25(33)27-7-8-29-9-11-34-12-10-29)18-14-20-22-17(13-16-5-3-4-6-19(16)28-22)15-30(20)23(31)21(18)24(32)35-26/h3-6,13-14H,2,7-12,15H2,1H3,(H,27,33)/t26-/m1/s1. The number of pyridine rings is 2. The summed E-state index contributed by atoms with van der Waals surface area (Å²) in [4.78, 5) is 46.8. The molecule has 1 amide bonds. The number of carbonyl (C=O) groups excluding carboxylic acids is 2. The number of aromatic nitrogens is 2. The predicted molar refractivity (Wildman–Crippen MR) is 128 cm³/mol. The Morgan fingerprint density at radius 1 is 1.17 bits per heavy atom. The Bertz CT molecular complexity index is 1430. The van der Waals surface area contributed by atoms with Crippen LogP contribution in [0.1, 0.15) is 34.8 Å². The van der Waals surface area contributed by atoms with Gasteiger partial charge in [-0.2, -0.15) is 0 Å². The van der Waals surface area contributed by atoms with Gasteiger partial charge in [-0.05, 0) is 24.6 Å². The maximum Gasteiger partial charge on any atom is 0.345 e. The van der Waals surface area contributed by atoms with Gasteiger partial charge < -0.3 is 19.4 Å². The van der Waals surface area contributed by atoms with E-state index in [0.29, 0.717) is 49.8 Å². The Labute approximate surface area is 201 Å². The number of fused-ring (bicyclic) bond motifs is 5. The van der Waals surface area contributed by atoms with E-state index < -0.39 is 23.0 Å². The lowest BCUT2D eigenvalue weighted by Crippen LogP contribution is -2.48. The fourth-order valence-corrected chi connectivity index (χ4v) is 5.34. The maximum atomic E-state index is 13.5. The van der Waals surface area contributed by atoms with E-state index in [1.165, 1.54) is 0 Å². The van der Waals surface area contributed by atoms with Crippen molar-refractivity contribution in [2.45, 2.75) is 25.5 Å². The average Bonchev–Trinajstić information content (AvgIpc) is 3.39. The quantitative estimate of drug-likeness (QED) is 0.439. The lowest BCUT2D eigenvalue weighted by Gasteiger charge is -2.29. The summed E-state index contributed by atoms with van der Waals surface area (Å²) in [6.45, 7) is 6.19. The molecule has 2 aromatic heterocycles. The summed E-state index contributed by atoms with van der Waals surface area (Å²) in [5.74, 6) is -1.16. The van der Waals surface area contributed by atoms with E-state index in [2.05, 4.69) is 10.2 Å². The number of esters is 1. The van der Waals surface area contributed by atoms with Crippen molar-refractivity contribution in [3.05, 3.63) is 63.4 Å². The van der Waals surface area contributed by atoms with Gasteiger partial charge in [-0.15, -0.1) is 0 Å². The van der Waals surface area contributed by atoms with Crippen LogP contribution in [-0.2, 0) is 26.4 Å². The van der Waals surface area contributed by atoms with E-state index in [-0.39, 0.29) is 12.0 Å². The number of rotatable bonds is 5. The first kappa shape index (κ1) is 21.9. The van der Waals surface area contributed by atoms with Crippen molar-refractivity contribution >= 4 is 22.8 Å². The van der Waals surface area contributed by atoms with Crippen molar-refractivity contribution in [1.29, 1.82) is 0 Å². The number of hydrogen-bond donors (Lipinski definition) is 1. The van der Waals surface area contributed by atoms with E-state index in [1.54, 1.807) is 17.6 Å². The van der Waals surface area contributed by atoms with Crippen molar-refractivity contribution in [3.8, 4) is 11.4 Å². The molecule has 9 heteroatoms. The normalized spacial score (nSPS) is 20.9. The number of ether oxygens (including phenoxy) is 2. The van der Waals surface area contributed by atoms with Crippen molar-refractivity contribution in [2.75, 3.05) is 39.4 Å². The van der Waals surface area contributed by atoms with Crippen molar-refractivity contribution < 1.29 is 19.1 Å². The van der Waals surface area contributed by atoms with Crippen LogP contribution in [0.2, 0.25) is 0 Å². The number of carbonyl (C=O) groups is 2. The van der Waals surface area contributed by atoms with Crippen molar-refractivity contribution in [2.24, 2.45) is 0 Å². The number of morpholine rings is 1. The molecule has 0 saturated carbocycles. The molecule has 5 heterocycles.